The van der Waals surface area contributed by atoms with Crippen LogP contribution in [-0.4, -0.2) is 44.9 Å². The van der Waals surface area contributed by atoms with Crippen LogP contribution in [0, 0.1) is 0 Å². The van der Waals surface area contributed by atoms with Gasteiger partial charge in [-0.2, -0.15) is 0 Å². The van der Waals surface area contributed by atoms with Gasteiger partial charge in [-0.3, -0.25) is 9.59 Å². The van der Waals surface area contributed by atoms with E-state index in [1.807, 2.05) is 0 Å². The maximum absolute atomic E-state index is 13.2. The molecule has 0 spiro atoms. The van der Waals surface area contributed by atoms with E-state index >= 15 is 0 Å². The Labute approximate surface area is 175 Å². The van der Waals surface area contributed by atoms with E-state index in [1.54, 1.807) is 18.2 Å². The summed E-state index contributed by atoms with van der Waals surface area (Å²) in [6.45, 7) is 4.05. The second kappa shape index (κ2) is 6.71. The number of Topliss-reactive ketones (excluding diaryl/α,β-unsaturated/α-hetero) is 1. The van der Waals surface area contributed by atoms with Crippen molar-refractivity contribution in [3.63, 3.8) is 0 Å². The largest absolute Gasteiger partial charge is 0.507 e. The summed E-state index contributed by atoms with van der Waals surface area (Å²) in [5.41, 5.74) is 0.230. The molecule has 2 aromatic carbocycles. The normalized spacial score (nSPS) is 20.0. The summed E-state index contributed by atoms with van der Waals surface area (Å²) in [5.74, 6) is -0.923. The number of rotatable bonds is 3. The van der Waals surface area contributed by atoms with E-state index in [1.165, 1.54) is 7.11 Å². The Balaban J connectivity index is 1.97. The van der Waals surface area contributed by atoms with Crippen LogP contribution in [0.5, 0.6) is 17.2 Å². The number of carbonyl (C=O) groups excluding carboxylic acids is 2. The molecule has 0 heterocycles. The van der Waals surface area contributed by atoms with Crippen LogP contribution in [-0.2, 0) is 17.6 Å². The van der Waals surface area contributed by atoms with Gasteiger partial charge in [-0.15, -0.1) is 0 Å². The molecule has 0 bridgehead atoms. The summed E-state index contributed by atoms with van der Waals surface area (Å²) in [6.07, 6.45) is 0.109. The lowest BCUT2D eigenvalue weighted by molar-refractivity contribution is -0.135. The van der Waals surface area contributed by atoms with Crippen molar-refractivity contribution in [2.24, 2.45) is 0 Å². The molecule has 0 saturated heterocycles. The first kappa shape index (κ1) is 19.7. The number of hydrogen-bond donors (Lipinski definition) is 3. The van der Waals surface area contributed by atoms with Crippen molar-refractivity contribution in [2.75, 3.05) is 12.4 Å². The molecule has 150 valence electrons. The predicted octanol–water partition coefficient (Wildman–Crippen LogP) is 2.90. The zero-order valence-electron chi connectivity index (χ0n) is 15.7. The number of ether oxygens (including phenoxy) is 1. The average Bonchev–Trinajstić information content (AvgIpc) is 2.73. The van der Waals surface area contributed by atoms with Crippen LogP contribution in [0.1, 0.15) is 44.6 Å². The molecule has 0 radical (unpaired) electrons. The van der Waals surface area contributed by atoms with Crippen LogP contribution in [0.15, 0.2) is 24.8 Å². The van der Waals surface area contributed by atoms with E-state index in [2.05, 4.69) is 22.5 Å². The van der Waals surface area contributed by atoms with Gasteiger partial charge in [0.25, 0.3) is 0 Å². The number of halogens is 1. The summed E-state index contributed by atoms with van der Waals surface area (Å²) in [7, 11) is 1.48. The average molecular weight is 459 g/mol. The summed E-state index contributed by atoms with van der Waals surface area (Å²) >= 11 is 3.07. The zero-order chi connectivity index (χ0) is 21.1. The molecule has 2 aromatic rings. The van der Waals surface area contributed by atoms with Crippen LogP contribution in [0.3, 0.4) is 0 Å². The quantitative estimate of drug-likeness (QED) is 0.411. The fraction of sp³-hybridized carbons (Fsp3) is 0.273. The second-order valence-electron chi connectivity index (χ2n) is 7.36. The number of fused-ring (bicyclic) bond motifs is 3. The van der Waals surface area contributed by atoms with Gasteiger partial charge in [-0.25, -0.2) is 0 Å². The fourth-order valence-electron chi connectivity index (χ4n) is 4.34. The minimum absolute atomic E-state index is 0.0283. The Morgan fingerprint density at radius 3 is 2.55 bits per heavy atom. The molecular formula is C22H19BrO6. The van der Waals surface area contributed by atoms with Crippen molar-refractivity contribution in [3.05, 3.63) is 58.2 Å². The standard InChI is InChI=1S/C22H19BrO6/c1-10-16-12(4-3-5-14(16)29-2)20(26)18-17(10)19(25)11-6-7-22(28,15(24)9-23)8-13(11)21(18)27/h3-5,25,27-28H,1,6-9H2,2H3/t22-/m1/s1. The first-order valence-corrected chi connectivity index (χ1v) is 10.2. The van der Waals surface area contributed by atoms with Gasteiger partial charge in [0.15, 0.2) is 11.6 Å². The molecular weight excluding hydrogens is 440 g/mol. The van der Waals surface area contributed by atoms with Gasteiger partial charge in [0.2, 0.25) is 0 Å². The first-order valence-electron chi connectivity index (χ1n) is 9.07. The number of phenolic OH excluding ortho intramolecular Hbond substituents is 2. The number of aromatic hydroxyl groups is 2. The van der Waals surface area contributed by atoms with E-state index < -0.39 is 17.2 Å². The van der Waals surface area contributed by atoms with E-state index in [0.717, 1.165) is 0 Å². The topological polar surface area (TPSA) is 104 Å². The molecule has 0 amide bonds. The molecule has 0 aromatic heterocycles. The fourth-order valence-corrected chi connectivity index (χ4v) is 4.86. The van der Waals surface area contributed by atoms with Crippen molar-refractivity contribution in [2.45, 2.75) is 24.9 Å². The monoisotopic (exact) mass is 458 g/mol. The maximum atomic E-state index is 13.2. The first-order chi connectivity index (χ1) is 13.7. The summed E-state index contributed by atoms with van der Waals surface area (Å²) in [4.78, 5) is 25.4. The third kappa shape index (κ3) is 2.64. The molecule has 6 nitrogen and oxygen atoms in total. The Bertz CT molecular complexity index is 1100. The van der Waals surface area contributed by atoms with Crippen LogP contribution in [0.2, 0.25) is 0 Å². The highest BCUT2D eigenvalue weighted by atomic mass is 79.9. The molecule has 7 heteroatoms. The van der Waals surface area contributed by atoms with Crippen molar-refractivity contribution >= 4 is 33.1 Å². The molecule has 3 N–H and O–H groups in total. The van der Waals surface area contributed by atoms with E-state index in [0.29, 0.717) is 28.0 Å². The molecule has 1 atom stereocenters. The number of phenols is 2. The van der Waals surface area contributed by atoms with E-state index in [9.17, 15) is 24.9 Å². The van der Waals surface area contributed by atoms with Crippen LogP contribution < -0.4 is 4.74 Å². The summed E-state index contributed by atoms with van der Waals surface area (Å²) < 4.78 is 5.36. The highest BCUT2D eigenvalue weighted by molar-refractivity contribution is 9.09. The molecule has 29 heavy (non-hydrogen) atoms. The maximum Gasteiger partial charge on any atom is 0.198 e. The number of alkyl halides is 1. The Kier molecular flexibility index (Phi) is 4.55. The Hall–Kier alpha value is -2.64. The highest BCUT2D eigenvalue weighted by Gasteiger charge is 2.43. The molecule has 2 aliphatic rings. The van der Waals surface area contributed by atoms with Gasteiger partial charge in [0.1, 0.15) is 22.8 Å². The van der Waals surface area contributed by atoms with Gasteiger partial charge in [-0.05, 0) is 24.5 Å². The summed E-state index contributed by atoms with van der Waals surface area (Å²) in [5, 5.41) is 32.7. The third-order valence-corrected chi connectivity index (χ3v) is 6.39. The van der Waals surface area contributed by atoms with Gasteiger partial charge < -0.3 is 20.1 Å². The third-order valence-electron chi connectivity index (χ3n) is 5.88. The number of aliphatic hydroxyl groups is 1. The number of benzene rings is 2. The van der Waals surface area contributed by atoms with Gasteiger partial charge in [0, 0.05) is 34.2 Å². The number of ketones is 2. The predicted molar refractivity (Wildman–Crippen MR) is 110 cm³/mol. The smallest absolute Gasteiger partial charge is 0.198 e. The highest BCUT2D eigenvalue weighted by Crippen LogP contribution is 2.51. The van der Waals surface area contributed by atoms with Crippen LogP contribution in [0.4, 0.5) is 0 Å². The molecule has 2 aliphatic carbocycles. The second-order valence-corrected chi connectivity index (χ2v) is 7.92. The lowest BCUT2D eigenvalue weighted by atomic mass is 9.72. The van der Waals surface area contributed by atoms with Crippen molar-refractivity contribution in [3.8, 4) is 17.2 Å². The molecule has 4 rings (SSSR count). The Morgan fingerprint density at radius 2 is 1.90 bits per heavy atom. The lowest BCUT2D eigenvalue weighted by Crippen LogP contribution is -2.44. The van der Waals surface area contributed by atoms with Crippen LogP contribution >= 0.6 is 15.9 Å². The van der Waals surface area contributed by atoms with Gasteiger partial charge in [-0.1, -0.05) is 34.6 Å². The lowest BCUT2D eigenvalue weighted by Gasteiger charge is -2.35. The van der Waals surface area contributed by atoms with Crippen molar-refractivity contribution < 1.29 is 29.6 Å². The van der Waals surface area contributed by atoms with Crippen molar-refractivity contribution in [1.29, 1.82) is 0 Å². The molecule has 0 unspecified atom stereocenters. The number of carbonyl (C=O) groups is 2. The molecule has 0 saturated carbocycles. The van der Waals surface area contributed by atoms with Gasteiger partial charge >= 0.3 is 0 Å². The number of hydrogen-bond acceptors (Lipinski definition) is 6. The Morgan fingerprint density at radius 1 is 1.21 bits per heavy atom. The number of methoxy groups -OCH3 is 1. The molecule has 0 fully saturated rings. The van der Waals surface area contributed by atoms with Crippen molar-refractivity contribution in [1.82, 2.24) is 0 Å². The summed E-state index contributed by atoms with van der Waals surface area (Å²) in [6, 6.07) is 4.97. The molecule has 0 aliphatic heterocycles. The van der Waals surface area contributed by atoms with Gasteiger partial charge in [0.05, 0.1) is 18.0 Å². The minimum Gasteiger partial charge on any atom is -0.507 e. The van der Waals surface area contributed by atoms with E-state index in [4.69, 9.17) is 4.74 Å². The zero-order valence-corrected chi connectivity index (χ0v) is 17.3. The van der Waals surface area contributed by atoms with Crippen LogP contribution in [0.25, 0.3) is 5.57 Å². The van der Waals surface area contributed by atoms with E-state index in [-0.39, 0.29) is 52.8 Å². The SMILES string of the molecule is C=C1c2c(OC)cccc2C(=O)c2c(O)c3c(c(O)c21)CC[C@](O)(C(=O)CBr)C3. The minimum atomic E-state index is -1.66.